The molecule has 0 aromatic heterocycles. The van der Waals surface area contributed by atoms with Gasteiger partial charge in [0.15, 0.2) is 0 Å². The number of hydrogen-bond donors (Lipinski definition) is 0. The number of esters is 2. The summed E-state index contributed by atoms with van der Waals surface area (Å²) in [5.74, 6) is -1.20. The average Bonchev–Trinajstić information content (AvgIpc) is 2.90. The second-order valence-corrected chi connectivity index (χ2v) is 6.15. The van der Waals surface area contributed by atoms with Gasteiger partial charge in [-0.1, -0.05) is 12.1 Å². The second-order valence-electron chi connectivity index (χ2n) is 6.15. The van der Waals surface area contributed by atoms with Gasteiger partial charge in [0.1, 0.15) is 5.70 Å². The van der Waals surface area contributed by atoms with Crippen LogP contribution in [-0.2, 0) is 25.5 Å². The number of fused-ring (bicyclic) bond motifs is 1. The van der Waals surface area contributed by atoms with Crippen molar-refractivity contribution in [2.45, 2.75) is 12.8 Å². The Morgan fingerprint density at radius 1 is 1.08 bits per heavy atom. The Hall–Kier alpha value is -3.02. The molecule has 0 unspecified atom stereocenters. The molecule has 0 amide bonds. The van der Waals surface area contributed by atoms with Crippen molar-refractivity contribution in [3.05, 3.63) is 59.5 Å². The first-order valence-corrected chi connectivity index (χ1v) is 8.46. The van der Waals surface area contributed by atoms with E-state index in [1.807, 2.05) is 12.1 Å². The Morgan fingerprint density at radius 3 is 2.58 bits per heavy atom. The highest BCUT2D eigenvalue weighted by Crippen LogP contribution is 2.33. The fourth-order valence-corrected chi connectivity index (χ4v) is 3.26. The Labute approximate surface area is 153 Å². The molecule has 6 heteroatoms. The van der Waals surface area contributed by atoms with Crippen molar-refractivity contribution in [2.75, 3.05) is 37.6 Å². The fourth-order valence-electron chi connectivity index (χ4n) is 3.26. The van der Waals surface area contributed by atoms with E-state index in [0.29, 0.717) is 0 Å². The van der Waals surface area contributed by atoms with Crippen LogP contribution < -0.4 is 9.80 Å². The minimum Gasteiger partial charge on any atom is -0.465 e. The molecular weight excluding hydrogens is 332 g/mol. The number of methoxy groups -OCH3 is 2. The lowest BCUT2D eigenvalue weighted by atomic mass is 10.0. The van der Waals surface area contributed by atoms with Crippen molar-refractivity contribution in [3.8, 4) is 0 Å². The van der Waals surface area contributed by atoms with Gasteiger partial charge in [0.2, 0.25) is 0 Å². The van der Waals surface area contributed by atoms with Crippen molar-refractivity contribution >= 4 is 23.3 Å². The molecule has 1 aromatic carbocycles. The van der Waals surface area contributed by atoms with E-state index in [1.54, 1.807) is 29.3 Å². The van der Waals surface area contributed by atoms with Crippen LogP contribution in [-0.4, -0.2) is 39.8 Å². The van der Waals surface area contributed by atoms with E-state index in [0.717, 1.165) is 30.8 Å². The molecule has 6 nitrogen and oxygen atoms in total. The van der Waals surface area contributed by atoms with E-state index < -0.39 is 11.9 Å². The van der Waals surface area contributed by atoms with Crippen LogP contribution in [0.4, 0.5) is 11.4 Å². The zero-order valence-corrected chi connectivity index (χ0v) is 15.2. The molecule has 1 aromatic rings. The first kappa shape index (κ1) is 17.8. The zero-order valence-electron chi connectivity index (χ0n) is 15.2. The number of benzene rings is 1. The van der Waals surface area contributed by atoms with Crippen LogP contribution in [0.3, 0.4) is 0 Å². The van der Waals surface area contributed by atoms with Gasteiger partial charge in [-0.15, -0.1) is 0 Å². The summed E-state index contributed by atoms with van der Waals surface area (Å²) < 4.78 is 9.77. The number of rotatable bonds is 3. The predicted octanol–water partition coefficient (Wildman–Crippen LogP) is 2.56. The summed E-state index contributed by atoms with van der Waals surface area (Å²) in [5, 5.41) is 0. The summed E-state index contributed by atoms with van der Waals surface area (Å²) >= 11 is 0. The van der Waals surface area contributed by atoms with Crippen molar-refractivity contribution in [2.24, 2.45) is 0 Å². The minimum absolute atomic E-state index is 0.128. The quantitative estimate of drug-likeness (QED) is 0.778. The van der Waals surface area contributed by atoms with Crippen LogP contribution in [0, 0.1) is 0 Å². The monoisotopic (exact) mass is 354 g/mol. The van der Waals surface area contributed by atoms with Crippen LogP contribution in [0.5, 0.6) is 0 Å². The molecular formula is C20H22N2O4. The van der Waals surface area contributed by atoms with Crippen LogP contribution in [0.2, 0.25) is 0 Å². The maximum Gasteiger partial charge on any atom is 0.355 e. The van der Waals surface area contributed by atoms with Crippen molar-refractivity contribution in [3.63, 3.8) is 0 Å². The molecule has 0 atom stereocenters. The number of carbonyl (C=O) groups is 2. The Morgan fingerprint density at radius 2 is 1.85 bits per heavy atom. The van der Waals surface area contributed by atoms with Gasteiger partial charge in [0.25, 0.3) is 0 Å². The Kier molecular flexibility index (Phi) is 5.11. The fraction of sp³-hybridized carbons (Fsp3) is 0.300. The summed E-state index contributed by atoms with van der Waals surface area (Å²) in [6.07, 6.45) is 8.91. The summed E-state index contributed by atoms with van der Waals surface area (Å²) in [6, 6.07) is 6.05. The molecule has 0 radical (unpaired) electrons. The molecule has 2 aliphatic heterocycles. The molecule has 0 bridgehead atoms. The van der Waals surface area contributed by atoms with Crippen LogP contribution in [0.15, 0.2) is 53.9 Å². The van der Waals surface area contributed by atoms with Crippen molar-refractivity contribution < 1.29 is 19.1 Å². The van der Waals surface area contributed by atoms with E-state index in [4.69, 9.17) is 9.47 Å². The highest BCUT2D eigenvalue weighted by Gasteiger charge is 2.28. The van der Waals surface area contributed by atoms with Gasteiger partial charge in [0.05, 0.1) is 19.8 Å². The third-order valence-corrected chi connectivity index (χ3v) is 4.59. The van der Waals surface area contributed by atoms with Gasteiger partial charge >= 0.3 is 11.9 Å². The molecule has 0 aliphatic carbocycles. The van der Waals surface area contributed by atoms with Gasteiger partial charge in [-0.2, -0.15) is 0 Å². The van der Waals surface area contributed by atoms with Crippen LogP contribution in [0.1, 0.15) is 12.0 Å². The molecule has 0 saturated carbocycles. The van der Waals surface area contributed by atoms with E-state index >= 15 is 0 Å². The maximum absolute atomic E-state index is 12.5. The third kappa shape index (κ3) is 3.22. The molecule has 0 fully saturated rings. The standard InChI is InChI=1S/C20H22N2O4/c1-21-11-6-7-14-9-10-15(13-17(14)21)22-12-5-4-8-16(19(23)25-2)18(22)20(24)26-3/h4-5,8-10,12-13H,6-7,11H2,1-3H3. The number of allylic oxidation sites excluding steroid dienone is 2. The molecule has 2 heterocycles. The predicted molar refractivity (Wildman–Crippen MR) is 99.9 cm³/mol. The number of carbonyl (C=O) groups excluding carboxylic acids is 2. The largest absolute Gasteiger partial charge is 0.465 e. The first-order chi connectivity index (χ1) is 12.6. The minimum atomic E-state index is -0.604. The van der Waals surface area contributed by atoms with Crippen LogP contribution >= 0.6 is 0 Å². The molecule has 0 spiro atoms. The lowest BCUT2D eigenvalue weighted by molar-refractivity contribution is -0.139. The summed E-state index contributed by atoms with van der Waals surface area (Å²) in [5.41, 5.74) is 3.46. The Bertz CT molecular complexity index is 823. The smallest absolute Gasteiger partial charge is 0.355 e. The molecule has 0 N–H and O–H groups in total. The summed E-state index contributed by atoms with van der Waals surface area (Å²) in [4.78, 5) is 28.6. The average molecular weight is 354 g/mol. The maximum atomic E-state index is 12.5. The Balaban J connectivity index is 2.14. The van der Waals surface area contributed by atoms with E-state index in [9.17, 15) is 9.59 Å². The van der Waals surface area contributed by atoms with Gasteiger partial charge in [0, 0.05) is 31.2 Å². The van der Waals surface area contributed by atoms with E-state index in [1.165, 1.54) is 19.8 Å². The number of ether oxygens (including phenoxy) is 2. The van der Waals surface area contributed by atoms with Gasteiger partial charge in [-0.05, 0) is 42.7 Å². The lowest BCUT2D eigenvalue weighted by Gasteiger charge is -2.30. The van der Waals surface area contributed by atoms with Gasteiger partial charge < -0.3 is 19.3 Å². The van der Waals surface area contributed by atoms with Gasteiger partial charge in [-0.25, -0.2) is 9.59 Å². The highest BCUT2D eigenvalue weighted by atomic mass is 16.5. The molecule has 136 valence electrons. The zero-order chi connectivity index (χ0) is 18.7. The van der Waals surface area contributed by atoms with Crippen molar-refractivity contribution in [1.82, 2.24) is 0 Å². The SMILES string of the molecule is COC(=O)C1=C(C(=O)OC)N(c2ccc3c(c2)N(C)CCC3)C=CC=C1. The molecule has 2 aliphatic rings. The van der Waals surface area contributed by atoms with E-state index in [2.05, 4.69) is 18.0 Å². The summed E-state index contributed by atoms with van der Waals surface area (Å²) in [6.45, 7) is 0.987. The number of nitrogens with zero attached hydrogens (tertiary/aromatic N) is 2. The third-order valence-electron chi connectivity index (χ3n) is 4.59. The molecule has 26 heavy (non-hydrogen) atoms. The number of aryl methyl sites for hydroxylation is 1. The normalized spacial score (nSPS) is 16.3. The summed E-state index contributed by atoms with van der Waals surface area (Å²) in [7, 11) is 4.63. The van der Waals surface area contributed by atoms with E-state index in [-0.39, 0.29) is 11.3 Å². The van der Waals surface area contributed by atoms with Crippen molar-refractivity contribution in [1.29, 1.82) is 0 Å². The topological polar surface area (TPSA) is 59.1 Å². The molecule has 0 saturated heterocycles. The second kappa shape index (κ2) is 7.47. The molecule has 3 rings (SSSR count). The number of anilines is 2. The number of hydrogen-bond acceptors (Lipinski definition) is 6. The first-order valence-electron chi connectivity index (χ1n) is 8.46. The van der Waals surface area contributed by atoms with Crippen LogP contribution in [0.25, 0.3) is 0 Å². The highest BCUT2D eigenvalue weighted by molar-refractivity contribution is 6.05. The lowest BCUT2D eigenvalue weighted by Crippen LogP contribution is -2.28. The van der Waals surface area contributed by atoms with Gasteiger partial charge in [-0.3, -0.25) is 0 Å².